The molecule has 0 bridgehead atoms. The lowest BCUT2D eigenvalue weighted by molar-refractivity contribution is -0.137. The van der Waals surface area contributed by atoms with Crippen molar-refractivity contribution >= 4 is 40.3 Å². The van der Waals surface area contributed by atoms with Crippen molar-refractivity contribution < 1.29 is 19.4 Å². The number of amides is 2. The summed E-state index contributed by atoms with van der Waals surface area (Å²) in [5.74, 6) is -0.222. The molecule has 1 aromatic carbocycles. The summed E-state index contributed by atoms with van der Waals surface area (Å²) in [7, 11) is 3.12. The maximum Gasteiger partial charge on any atom is 0.321 e. The fourth-order valence-corrected chi connectivity index (χ4v) is 1.92. The van der Waals surface area contributed by atoms with Crippen molar-refractivity contribution in [1.82, 2.24) is 4.90 Å². The molecule has 0 aliphatic carbocycles. The number of methoxy groups -OCH3 is 1. The normalized spacial score (nSPS) is 9.84. The highest BCUT2D eigenvalue weighted by atomic mass is 127. The molecule has 2 amide bonds. The Morgan fingerprint density at radius 3 is 2.68 bits per heavy atom. The number of carboxylic acid groups (broad SMARTS) is 1. The van der Waals surface area contributed by atoms with Crippen LogP contribution in [0.4, 0.5) is 10.5 Å². The molecule has 0 aliphatic heterocycles. The first kappa shape index (κ1) is 15.5. The zero-order chi connectivity index (χ0) is 14.4. The molecule has 0 aliphatic rings. The van der Waals surface area contributed by atoms with Gasteiger partial charge in [0.05, 0.1) is 19.2 Å². The van der Waals surface area contributed by atoms with E-state index >= 15 is 0 Å². The Morgan fingerprint density at radius 1 is 1.47 bits per heavy atom. The lowest BCUT2D eigenvalue weighted by Gasteiger charge is -2.17. The highest BCUT2D eigenvalue weighted by molar-refractivity contribution is 14.1. The molecule has 7 heteroatoms. The van der Waals surface area contributed by atoms with Gasteiger partial charge in [-0.3, -0.25) is 4.79 Å². The van der Waals surface area contributed by atoms with Gasteiger partial charge < -0.3 is 20.1 Å². The van der Waals surface area contributed by atoms with Crippen LogP contribution in [-0.4, -0.2) is 42.7 Å². The van der Waals surface area contributed by atoms with Gasteiger partial charge in [0.15, 0.2) is 0 Å². The number of aliphatic carboxylic acids is 1. The number of ether oxygens (including phenoxy) is 1. The second kappa shape index (κ2) is 7.17. The number of nitrogens with one attached hydrogen (secondary N) is 1. The van der Waals surface area contributed by atoms with E-state index in [9.17, 15) is 9.59 Å². The molecule has 19 heavy (non-hydrogen) atoms. The number of urea groups is 1. The van der Waals surface area contributed by atoms with E-state index in [4.69, 9.17) is 9.84 Å². The summed E-state index contributed by atoms with van der Waals surface area (Å²) >= 11 is 2.09. The molecule has 0 heterocycles. The number of hydrogen-bond donors (Lipinski definition) is 2. The van der Waals surface area contributed by atoms with Gasteiger partial charge in [-0.15, -0.1) is 0 Å². The number of carbonyl (C=O) groups is 2. The number of hydrogen-bond acceptors (Lipinski definition) is 3. The smallest absolute Gasteiger partial charge is 0.321 e. The van der Waals surface area contributed by atoms with Crippen molar-refractivity contribution in [2.45, 2.75) is 6.42 Å². The zero-order valence-electron chi connectivity index (χ0n) is 10.6. The largest absolute Gasteiger partial charge is 0.497 e. The molecule has 104 valence electrons. The Bertz CT molecular complexity index is 479. The number of nitrogens with zero attached hydrogens (tertiary/aromatic N) is 1. The van der Waals surface area contributed by atoms with Crippen molar-refractivity contribution in [3.05, 3.63) is 21.8 Å². The quantitative estimate of drug-likeness (QED) is 0.771. The molecule has 0 unspecified atom stereocenters. The van der Waals surface area contributed by atoms with Crippen LogP contribution < -0.4 is 10.1 Å². The van der Waals surface area contributed by atoms with E-state index in [0.29, 0.717) is 11.4 Å². The predicted octanol–water partition coefficient (Wildman–Crippen LogP) is 2.24. The molecule has 1 rings (SSSR count). The van der Waals surface area contributed by atoms with Crippen molar-refractivity contribution in [3.8, 4) is 5.75 Å². The molecule has 0 spiro atoms. The average Bonchev–Trinajstić information content (AvgIpc) is 2.37. The highest BCUT2D eigenvalue weighted by Gasteiger charge is 2.12. The predicted molar refractivity (Wildman–Crippen MR) is 79.6 cm³/mol. The Labute approximate surface area is 124 Å². The van der Waals surface area contributed by atoms with E-state index in [1.54, 1.807) is 32.4 Å². The lowest BCUT2D eigenvalue weighted by Crippen LogP contribution is -2.33. The second-order valence-electron chi connectivity index (χ2n) is 3.84. The van der Waals surface area contributed by atoms with Gasteiger partial charge in [0, 0.05) is 17.2 Å². The fraction of sp³-hybridized carbons (Fsp3) is 0.333. The third kappa shape index (κ3) is 4.93. The van der Waals surface area contributed by atoms with E-state index in [0.717, 1.165) is 3.57 Å². The van der Waals surface area contributed by atoms with E-state index in [1.165, 1.54) is 4.90 Å². The third-order valence-corrected chi connectivity index (χ3v) is 3.32. The van der Waals surface area contributed by atoms with Crippen LogP contribution in [0, 0.1) is 3.57 Å². The number of rotatable bonds is 5. The van der Waals surface area contributed by atoms with Crippen LogP contribution in [0.25, 0.3) is 0 Å². The van der Waals surface area contributed by atoms with Gasteiger partial charge in [0.2, 0.25) is 0 Å². The molecule has 2 N–H and O–H groups in total. The molecular formula is C12H15IN2O4. The summed E-state index contributed by atoms with van der Waals surface area (Å²) in [6.07, 6.45) is -0.0797. The summed E-state index contributed by atoms with van der Waals surface area (Å²) in [6.45, 7) is 0.161. The van der Waals surface area contributed by atoms with Gasteiger partial charge >= 0.3 is 12.0 Å². The number of carboxylic acids is 1. The standard InChI is InChI=1S/C12H15IN2O4/c1-15(6-5-11(16)17)12(18)14-10-4-3-8(19-2)7-9(10)13/h3-4,7H,5-6H2,1-2H3,(H,14,18)(H,16,17). The molecule has 0 fully saturated rings. The molecular weight excluding hydrogens is 363 g/mol. The molecule has 0 radical (unpaired) electrons. The minimum Gasteiger partial charge on any atom is -0.497 e. The van der Waals surface area contributed by atoms with Crippen LogP contribution in [0.15, 0.2) is 18.2 Å². The van der Waals surface area contributed by atoms with E-state index in [2.05, 4.69) is 27.9 Å². The van der Waals surface area contributed by atoms with E-state index in [-0.39, 0.29) is 19.0 Å². The van der Waals surface area contributed by atoms with E-state index in [1.807, 2.05) is 0 Å². The first-order chi connectivity index (χ1) is 8.93. The number of anilines is 1. The highest BCUT2D eigenvalue weighted by Crippen LogP contribution is 2.23. The Kier molecular flexibility index (Phi) is 5.87. The molecule has 0 saturated carbocycles. The monoisotopic (exact) mass is 378 g/mol. The van der Waals surface area contributed by atoms with Crippen molar-refractivity contribution in [2.24, 2.45) is 0 Å². The van der Waals surface area contributed by atoms with Crippen LogP contribution in [0.2, 0.25) is 0 Å². The van der Waals surface area contributed by atoms with Gasteiger partial charge in [-0.1, -0.05) is 0 Å². The minimum absolute atomic E-state index is 0.0797. The maximum atomic E-state index is 11.8. The van der Waals surface area contributed by atoms with Gasteiger partial charge in [-0.25, -0.2) is 4.79 Å². The molecule has 0 atom stereocenters. The van der Waals surface area contributed by atoms with Crippen molar-refractivity contribution in [1.29, 1.82) is 0 Å². The van der Waals surface area contributed by atoms with Gasteiger partial charge in [-0.2, -0.15) is 0 Å². The molecule has 0 saturated heterocycles. The first-order valence-corrected chi connectivity index (χ1v) is 6.59. The van der Waals surface area contributed by atoms with Crippen LogP contribution in [0.3, 0.4) is 0 Å². The van der Waals surface area contributed by atoms with E-state index < -0.39 is 5.97 Å². The van der Waals surface area contributed by atoms with Crippen LogP contribution in [0.5, 0.6) is 5.75 Å². The first-order valence-electron chi connectivity index (χ1n) is 5.51. The lowest BCUT2D eigenvalue weighted by atomic mass is 10.3. The fourth-order valence-electron chi connectivity index (χ4n) is 1.30. The summed E-state index contributed by atoms with van der Waals surface area (Å²) in [5.41, 5.74) is 0.661. The average molecular weight is 378 g/mol. The number of halogens is 1. The van der Waals surface area contributed by atoms with Crippen LogP contribution in [0.1, 0.15) is 6.42 Å². The second-order valence-corrected chi connectivity index (χ2v) is 5.00. The maximum absolute atomic E-state index is 11.8. The third-order valence-electron chi connectivity index (χ3n) is 2.43. The van der Waals surface area contributed by atoms with Crippen LogP contribution >= 0.6 is 22.6 Å². The summed E-state index contributed by atoms with van der Waals surface area (Å²) < 4.78 is 5.92. The minimum atomic E-state index is -0.932. The van der Waals surface area contributed by atoms with Gasteiger partial charge in [0.1, 0.15) is 5.75 Å². The topological polar surface area (TPSA) is 78.9 Å². The summed E-state index contributed by atoms with van der Waals surface area (Å²) in [5, 5.41) is 11.3. The Hall–Kier alpha value is -1.51. The molecule has 1 aromatic rings. The Morgan fingerprint density at radius 2 is 2.16 bits per heavy atom. The zero-order valence-corrected chi connectivity index (χ0v) is 12.8. The molecule has 6 nitrogen and oxygen atoms in total. The number of carbonyl (C=O) groups excluding carboxylic acids is 1. The summed E-state index contributed by atoms with van der Waals surface area (Å²) in [4.78, 5) is 23.6. The molecule has 0 aromatic heterocycles. The number of benzene rings is 1. The Balaban J connectivity index is 2.63. The van der Waals surface area contributed by atoms with Gasteiger partial charge in [-0.05, 0) is 40.8 Å². The van der Waals surface area contributed by atoms with Crippen LogP contribution in [-0.2, 0) is 4.79 Å². The van der Waals surface area contributed by atoms with Crippen molar-refractivity contribution in [3.63, 3.8) is 0 Å². The van der Waals surface area contributed by atoms with Crippen molar-refractivity contribution in [2.75, 3.05) is 26.0 Å². The summed E-state index contributed by atoms with van der Waals surface area (Å²) in [6, 6.07) is 4.94. The van der Waals surface area contributed by atoms with Gasteiger partial charge in [0.25, 0.3) is 0 Å². The SMILES string of the molecule is COc1ccc(NC(=O)N(C)CCC(=O)O)c(I)c1.